The summed E-state index contributed by atoms with van der Waals surface area (Å²) in [6, 6.07) is 9.65. The third-order valence-corrected chi connectivity index (χ3v) is 4.32. The van der Waals surface area contributed by atoms with Crippen molar-refractivity contribution in [1.82, 2.24) is 16.2 Å². The maximum absolute atomic E-state index is 12.6. The molecule has 0 aliphatic carbocycles. The van der Waals surface area contributed by atoms with Crippen LogP contribution in [0.5, 0.6) is 23.0 Å². The van der Waals surface area contributed by atoms with E-state index in [1.165, 1.54) is 33.5 Å². The lowest BCUT2D eigenvalue weighted by atomic mass is 10.1. The molecular formula is C21H25N3O7S. The molecule has 3 N–H and O–H groups in total. The van der Waals surface area contributed by atoms with Crippen molar-refractivity contribution in [2.75, 3.05) is 41.7 Å². The monoisotopic (exact) mass is 463 g/mol. The van der Waals surface area contributed by atoms with E-state index >= 15 is 0 Å². The standard InChI is InChI=1S/C21H25N3O7S/c1-27-9-10-31-15-8-6-5-7-14(15)20(26)22-21(32)24-23-19(25)13-11-16(28-2)18(30-4)17(12-13)29-3/h5-8,11-12H,9-10H2,1-4H3,(H,23,25)(H2,22,24,26,32). The Kier molecular flexibility index (Phi) is 9.51. The second kappa shape index (κ2) is 12.3. The zero-order valence-electron chi connectivity index (χ0n) is 18.1. The van der Waals surface area contributed by atoms with Gasteiger partial charge in [0.2, 0.25) is 5.75 Å². The number of rotatable bonds is 9. The molecule has 2 amide bonds. The third kappa shape index (κ3) is 6.46. The number of hydrogen-bond acceptors (Lipinski definition) is 8. The lowest BCUT2D eigenvalue weighted by Crippen LogP contribution is -2.48. The van der Waals surface area contributed by atoms with Crippen LogP contribution in [0.15, 0.2) is 36.4 Å². The minimum Gasteiger partial charge on any atom is -0.493 e. The summed E-state index contributed by atoms with van der Waals surface area (Å²) >= 11 is 5.10. The number of para-hydroxylation sites is 1. The molecule has 0 radical (unpaired) electrons. The van der Waals surface area contributed by atoms with Crippen LogP contribution in [0.25, 0.3) is 0 Å². The SMILES string of the molecule is COCCOc1ccccc1C(=O)NC(=S)NNC(=O)c1cc(OC)c(OC)c(OC)c1. The Bertz CT molecular complexity index is 943. The summed E-state index contributed by atoms with van der Waals surface area (Å²) in [5, 5.41) is 2.37. The second-order valence-electron chi connectivity index (χ2n) is 6.11. The molecule has 0 heterocycles. The molecule has 2 aromatic rings. The first-order chi connectivity index (χ1) is 15.4. The Morgan fingerprint density at radius 1 is 0.844 bits per heavy atom. The van der Waals surface area contributed by atoms with Crippen molar-refractivity contribution in [2.45, 2.75) is 0 Å². The van der Waals surface area contributed by atoms with Crippen molar-refractivity contribution in [3.63, 3.8) is 0 Å². The van der Waals surface area contributed by atoms with E-state index in [1.54, 1.807) is 31.4 Å². The van der Waals surface area contributed by atoms with Gasteiger partial charge in [0.15, 0.2) is 16.6 Å². The highest BCUT2D eigenvalue weighted by atomic mass is 32.1. The first-order valence-corrected chi connectivity index (χ1v) is 9.78. The Morgan fingerprint density at radius 3 is 2.09 bits per heavy atom. The minimum absolute atomic E-state index is 0.109. The highest BCUT2D eigenvalue weighted by Gasteiger charge is 2.18. The van der Waals surface area contributed by atoms with E-state index in [0.717, 1.165) is 0 Å². The fraction of sp³-hybridized carbons (Fsp3) is 0.286. The molecule has 0 fully saturated rings. The molecule has 0 atom stereocenters. The first kappa shape index (κ1) is 24.7. The van der Waals surface area contributed by atoms with E-state index in [0.29, 0.717) is 29.6 Å². The lowest BCUT2D eigenvalue weighted by Gasteiger charge is -2.15. The predicted molar refractivity (Wildman–Crippen MR) is 121 cm³/mol. The van der Waals surface area contributed by atoms with E-state index < -0.39 is 11.8 Å². The van der Waals surface area contributed by atoms with E-state index in [9.17, 15) is 9.59 Å². The molecule has 0 bridgehead atoms. The molecule has 0 spiro atoms. The summed E-state index contributed by atoms with van der Waals surface area (Å²) in [5.41, 5.74) is 5.39. The number of thiocarbonyl (C=S) groups is 1. The molecule has 2 aromatic carbocycles. The molecule has 0 aromatic heterocycles. The number of ether oxygens (including phenoxy) is 5. The van der Waals surface area contributed by atoms with Crippen LogP contribution in [-0.4, -0.2) is 58.6 Å². The molecule has 0 saturated carbocycles. The molecule has 32 heavy (non-hydrogen) atoms. The molecule has 0 aliphatic rings. The molecule has 0 unspecified atom stereocenters. The number of amides is 2. The number of hydrazine groups is 1. The summed E-state index contributed by atoms with van der Waals surface area (Å²) in [5.74, 6) is 0.331. The average molecular weight is 464 g/mol. The van der Waals surface area contributed by atoms with Crippen LogP contribution >= 0.6 is 12.2 Å². The van der Waals surface area contributed by atoms with Gasteiger partial charge in [0, 0.05) is 12.7 Å². The molecule has 0 saturated heterocycles. The molecule has 2 rings (SSSR count). The number of hydrogen-bond donors (Lipinski definition) is 3. The van der Waals surface area contributed by atoms with Crippen molar-refractivity contribution in [3.8, 4) is 23.0 Å². The summed E-state index contributed by atoms with van der Waals surface area (Å²) < 4.78 is 26.2. The van der Waals surface area contributed by atoms with Crippen LogP contribution in [0, 0.1) is 0 Å². The van der Waals surface area contributed by atoms with Crippen LogP contribution in [0.3, 0.4) is 0 Å². The second-order valence-corrected chi connectivity index (χ2v) is 6.52. The summed E-state index contributed by atoms with van der Waals surface area (Å²) in [6.07, 6.45) is 0. The van der Waals surface area contributed by atoms with E-state index in [2.05, 4.69) is 16.2 Å². The third-order valence-electron chi connectivity index (χ3n) is 4.12. The number of nitrogens with one attached hydrogen (secondary N) is 3. The maximum atomic E-state index is 12.6. The normalized spacial score (nSPS) is 10.0. The topological polar surface area (TPSA) is 116 Å². The highest BCUT2D eigenvalue weighted by Crippen LogP contribution is 2.38. The fourth-order valence-corrected chi connectivity index (χ4v) is 2.76. The average Bonchev–Trinajstić information content (AvgIpc) is 2.81. The van der Waals surface area contributed by atoms with Crippen LogP contribution in [0.1, 0.15) is 20.7 Å². The highest BCUT2D eigenvalue weighted by molar-refractivity contribution is 7.80. The summed E-state index contributed by atoms with van der Waals surface area (Å²) in [6.45, 7) is 0.664. The first-order valence-electron chi connectivity index (χ1n) is 9.37. The van der Waals surface area contributed by atoms with Gasteiger partial charge in [-0.2, -0.15) is 0 Å². The van der Waals surface area contributed by atoms with Crippen molar-refractivity contribution in [3.05, 3.63) is 47.5 Å². The van der Waals surface area contributed by atoms with Crippen LogP contribution in [0.4, 0.5) is 0 Å². The quantitative estimate of drug-likeness (QED) is 0.290. The van der Waals surface area contributed by atoms with Crippen molar-refractivity contribution >= 4 is 29.1 Å². The lowest BCUT2D eigenvalue weighted by molar-refractivity contribution is 0.0932. The van der Waals surface area contributed by atoms with E-state index in [-0.39, 0.29) is 22.8 Å². The van der Waals surface area contributed by atoms with Crippen molar-refractivity contribution in [1.29, 1.82) is 0 Å². The summed E-state index contributed by atoms with van der Waals surface area (Å²) in [4.78, 5) is 25.1. The molecule has 172 valence electrons. The van der Waals surface area contributed by atoms with Gasteiger partial charge in [-0.25, -0.2) is 0 Å². The van der Waals surface area contributed by atoms with Gasteiger partial charge in [-0.05, 0) is 36.5 Å². The molecule has 11 heteroatoms. The Hall–Kier alpha value is -3.57. The smallest absolute Gasteiger partial charge is 0.269 e. The van der Waals surface area contributed by atoms with Gasteiger partial charge in [0.25, 0.3) is 11.8 Å². The predicted octanol–water partition coefficient (Wildman–Crippen LogP) is 1.69. The van der Waals surface area contributed by atoms with Gasteiger partial charge in [-0.1, -0.05) is 12.1 Å². The van der Waals surface area contributed by atoms with Gasteiger partial charge in [-0.15, -0.1) is 0 Å². The Morgan fingerprint density at radius 2 is 1.50 bits per heavy atom. The van der Waals surface area contributed by atoms with E-state index in [1.807, 2.05) is 0 Å². The Balaban J connectivity index is 2.00. The van der Waals surface area contributed by atoms with Crippen LogP contribution in [0.2, 0.25) is 0 Å². The number of benzene rings is 2. The largest absolute Gasteiger partial charge is 0.493 e. The maximum Gasteiger partial charge on any atom is 0.269 e. The van der Waals surface area contributed by atoms with Gasteiger partial charge >= 0.3 is 0 Å². The van der Waals surface area contributed by atoms with Crippen LogP contribution < -0.4 is 35.1 Å². The number of carbonyl (C=O) groups excluding carboxylic acids is 2. The van der Waals surface area contributed by atoms with Gasteiger partial charge in [-0.3, -0.25) is 25.8 Å². The van der Waals surface area contributed by atoms with Gasteiger partial charge in [0.05, 0.1) is 33.5 Å². The molecular weight excluding hydrogens is 438 g/mol. The number of methoxy groups -OCH3 is 4. The Labute approximate surface area is 191 Å². The summed E-state index contributed by atoms with van der Waals surface area (Å²) in [7, 11) is 5.90. The van der Waals surface area contributed by atoms with Gasteiger partial charge < -0.3 is 23.7 Å². The number of carbonyl (C=O) groups is 2. The van der Waals surface area contributed by atoms with Crippen molar-refractivity contribution in [2.24, 2.45) is 0 Å². The fourth-order valence-electron chi connectivity index (χ4n) is 2.61. The van der Waals surface area contributed by atoms with Crippen LogP contribution in [-0.2, 0) is 4.74 Å². The van der Waals surface area contributed by atoms with E-state index in [4.69, 9.17) is 35.9 Å². The molecule has 10 nitrogen and oxygen atoms in total. The zero-order valence-corrected chi connectivity index (χ0v) is 19.0. The zero-order chi connectivity index (χ0) is 23.5. The molecule has 0 aliphatic heterocycles. The minimum atomic E-state index is -0.538. The van der Waals surface area contributed by atoms with Gasteiger partial charge in [0.1, 0.15) is 12.4 Å². The van der Waals surface area contributed by atoms with Crippen molar-refractivity contribution < 1.29 is 33.3 Å².